The molecule has 2 aromatic carbocycles. The Morgan fingerprint density at radius 1 is 1.11 bits per heavy atom. The van der Waals surface area contributed by atoms with Gasteiger partial charge in [0.2, 0.25) is 0 Å². The number of benzene rings is 2. The summed E-state index contributed by atoms with van der Waals surface area (Å²) in [5.74, 6) is 1.42. The summed E-state index contributed by atoms with van der Waals surface area (Å²) >= 11 is 0. The fourth-order valence-corrected chi connectivity index (χ4v) is 4.46. The van der Waals surface area contributed by atoms with Crippen molar-refractivity contribution in [3.8, 4) is 5.75 Å². The van der Waals surface area contributed by atoms with Crippen LogP contribution >= 0.6 is 0 Å². The third-order valence-corrected chi connectivity index (χ3v) is 5.76. The fourth-order valence-electron chi connectivity index (χ4n) is 4.46. The summed E-state index contributed by atoms with van der Waals surface area (Å²) in [6, 6.07) is 17.5. The highest BCUT2D eigenvalue weighted by atomic mass is 16.6. The Morgan fingerprint density at radius 2 is 1.93 bits per heavy atom. The summed E-state index contributed by atoms with van der Waals surface area (Å²) in [7, 11) is 1.65. The monoisotopic (exact) mass is 380 g/mol. The zero-order valence-electron chi connectivity index (χ0n) is 16.3. The van der Waals surface area contributed by atoms with Gasteiger partial charge in [0.15, 0.2) is 0 Å². The number of carbonyl (C=O) groups is 1. The smallest absolute Gasteiger partial charge is 0.408 e. The Balaban J connectivity index is 1.48. The van der Waals surface area contributed by atoms with Crippen LogP contribution in [0.4, 0.5) is 4.79 Å². The normalized spacial score (nSPS) is 24.8. The first kappa shape index (κ1) is 18.8. The Kier molecular flexibility index (Phi) is 5.81. The Bertz CT molecular complexity index is 783. The molecule has 1 N–H and O–H groups in total. The van der Waals surface area contributed by atoms with Gasteiger partial charge >= 0.3 is 6.09 Å². The second-order valence-corrected chi connectivity index (χ2v) is 7.80. The predicted molar refractivity (Wildman–Crippen MR) is 108 cm³/mol. The van der Waals surface area contributed by atoms with Crippen LogP contribution in [0.1, 0.15) is 36.4 Å². The van der Waals surface area contributed by atoms with Crippen molar-refractivity contribution in [3.05, 3.63) is 65.7 Å². The molecule has 0 spiro atoms. The van der Waals surface area contributed by atoms with E-state index in [9.17, 15) is 4.79 Å². The standard InChI is InChI=1S/C23H28N2O3/c1-27-20-11-5-10-19(14-20)22(18-8-3-2-4-9-18)24-23(26)28-21-13-17-7-6-12-25(15-17)16-21/h2-5,8-11,14,17,21-22H,6-7,12-13,15-16H2,1H3,(H,24,26)/t17?,21-,22+/m1/s1. The molecule has 2 fully saturated rings. The molecule has 2 aliphatic rings. The second-order valence-electron chi connectivity index (χ2n) is 7.80. The van der Waals surface area contributed by atoms with Crippen LogP contribution in [0.3, 0.4) is 0 Å². The molecule has 4 rings (SSSR count). The highest BCUT2D eigenvalue weighted by Crippen LogP contribution is 2.29. The zero-order chi connectivity index (χ0) is 19.3. The van der Waals surface area contributed by atoms with Crippen LogP contribution in [0, 0.1) is 5.92 Å². The van der Waals surface area contributed by atoms with Gasteiger partial charge in [-0.15, -0.1) is 0 Å². The van der Waals surface area contributed by atoms with Crippen molar-refractivity contribution in [3.63, 3.8) is 0 Å². The minimum atomic E-state index is -0.358. The number of piperidine rings is 2. The van der Waals surface area contributed by atoms with Gasteiger partial charge in [0.1, 0.15) is 11.9 Å². The lowest BCUT2D eigenvalue weighted by Gasteiger charge is -2.41. The largest absolute Gasteiger partial charge is 0.497 e. The molecule has 2 aromatic rings. The Morgan fingerprint density at radius 3 is 2.71 bits per heavy atom. The van der Waals surface area contributed by atoms with Crippen molar-refractivity contribution in [2.75, 3.05) is 26.7 Å². The van der Waals surface area contributed by atoms with E-state index in [1.165, 1.54) is 12.8 Å². The molecule has 2 bridgehead atoms. The molecule has 5 nitrogen and oxygen atoms in total. The SMILES string of the molecule is COc1cccc([C@@H](NC(=O)O[C@@H]2CC3CCCN(C3)C2)c2ccccc2)c1. The first-order valence-electron chi connectivity index (χ1n) is 10.1. The van der Waals surface area contributed by atoms with Crippen LogP contribution in [0.2, 0.25) is 0 Å². The molecule has 2 aliphatic heterocycles. The van der Waals surface area contributed by atoms with Crippen LogP contribution in [-0.4, -0.2) is 43.8 Å². The molecule has 2 saturated heterocycles. The van der Waals surface area contributed by atoms with Crippen molar-refractivity contribution in [1.29, 1.82) is 0 Å². The van der Waals surface area contributed by atoms with Crippen molar-refractivity contribution in [1.82, 2.24) is 10.2 Å². The number of fused-ring (bicyclic) bond motifs is 2. The zero-order valence-corrected chi connectivity index (χ0v) is 16.3. The van der Waals surface area contributed by atoms with E-state index < -0.39 is 0 Å². The first-order chi connectivity index (χ1) is 13.7. The molecule has 0 radical (unpaired) electrons. The van der Waals surface area contributed by atoms with Gasteiger partial charge in [-0.2, -0.15) is 0 Å². The molecule has 148 valence electrons. The number of hydrogen-bond donors (Lipinski definition) is 1. The number of rotatable bonds is 5. The van der Waals surface area contributed by atoms with E-state index in [1.807, 2.05) is 54.6 Å². The maximum Gasteiger partial charge on any atom is 0.408 e. The Labute approximate surface area is 166 Å². The van der Waals surface area contributed by atoms with E-state index in [-0.39, 0.29) is 18.2 Å². The molecule has 0 saturated carbocycles. The van der Waals surface area contributed by atoms with Gasteiger partial charge in [0.05, 0.1) is 13.2 Å². The van der Waals surface area contributed by atoms with Gasteiger partial charge in [-0.05, 0) is 55.0 Å². The quantitative estimate of drug-likeness (QED) is 0.852. The number of alkyl carbamates (subject to hydrolysis) is 1. The van der Waals surface area contributed by atoms with E-state index in [0.717, 1.165) is 42.9 Å². The molecule has 28 heavy (non-hydrogen) atoms. The summed E-state index contributed by atoms with van der Waals surface area (Å²) in [5, 5.41) is 3.08. The van der Waals surface area contributed by atoms with Crippen LogP contribution < -0.4 is 10.1 Å². The van der Waals surface area contributed by atoms with E-state index >= 15 is 0 Å². The van der Waals surface area contributed by atoms with Gasteiger partial charge < -0.3 is 14.8 Å². The summed E-state index contributed by atoms with van der Waals surface area (Å²) in [6.07, 6.45) is 3.09. The van der Waals surface area contributed by atoms with Gasteiger partial charge in [0, 0.05) is 13.1 Å². The van der Waals surface area contributed by atoms with E-state index in [1.54, 1.807) is 7.11 Å². The van der Waals surface area contributed by atoms with Crippen molar-refractivity contribution in [2.24, 2.45) is 5.92 Å². The average Bonchev–Trinajstić information content (AvgIpc) is 2.72. The number of nitrogens with one attached hydrogen (secondary N) is 1. The molecule has 0 aromatic heterocycles. The van der Waals surface area contributed by atoms with Gasteiger partial charge in [-0.25, -0.2) is 4.79 Å². The third-order valence-electron chi connectivity index (χ3n) is 5.76. The molecule has 4 atom stereocenters. The number of carbonyl (C=O) groups excluding carboxylic acids is 1. The fraction of sp³-hybridized carbons (Fsp3) is 0.435. The minimum Gasteiger partial charge on any atom is -0.497 e. The summed E-state index contributed by atoms with van der Waals surface area (Å²) < 4.78 is 11.2. The van der Waals surface area contributed by atoms with Gasteiger partial charge in [0.25, 0.3) is 0 Å². The van der Waals surface area contributed by atoms with Gasteiger partial charge in [-0.1, -0.05) is 42.5 Å². The second kappa shape index (κ2) is 8.65. The number of nitrogens with zero attached hydrogens (tertiary/aromatic N) is 1. The maximum absolute atomic E-state index is 12.8. The summed E-state index contributed by atoms with van der Waals surface area (Å²) in [4.78, 5) is 15.2. The third kappa shape index (κ3) is 4.47. The molecule has 0 aliphatic carbocycles. The number of hydrogen-bond acceptors (Lipinski definition) is 4. The summed E-state index contributed by atoms with van der Waals surface area (Å²) in [5.41, 5.74) is 1.98. The maximum atomic E-state index is 12.8. The Hall–Kier alpha value is -2.53. The van der Waals surface area contributed by atoms with E-state index in [2.05, 4.69) is 10.2 Å². The summed E-state index contributed by atoms with van der Waals surface area (Å²) in [6.45, 7) is 3.12. The highest BCUT2D eigenvalue weighted by Gasteiger charge is 2.32. The van der Waals surface area contributed by atoms with Crippen LogP contribution in [-0.2, 0) is 4.74 Å². The minimum absolute atomic E-state index is 0.0271. The molecule has 2 unspecified atom stereocenters. The van der Waals surface area contributed by atoms with E-state index in [4.69, 9.17) is 9.47 Å². The number of methoxy groups -OCH3 is 1. The lowest BCUT2D eigenvalue weighted by molar-refractivity contribution is 0.00135. The van der Waals surface area contributed by atoms with Gasteiger partial charge in [-0.3, -0.25) is 4.90 Å². The molecule has 5 heteroatoms. The predicted octanol–water partition coefficient (Wildman–Crippen LogP) is 4.00. The molecular weight excluding hydrogens is 352 g/mol. The van der Waals surface area contributed by atoms with Crippen LogP contribution in [0.15, 0.2) is 54.6 Å². The lowest BCUT2D eigenvalue weighted by Crippen LogP contribution is -2.49. The lowest BCUT2D eigenvalue weighted by atomic mass is 9.88. The molecule has 2 heterocycles. The van der Waals surface area contributed by atoms with Crippen molar-refractivity contribution < 1.29 is 14.3 Å². The average molecular weight is 380 g/mol. The topological polar surface area (TPSA) is 50.8 Å². The number of ether oxygens (including phenoxy) is 2. The van der Waals surface area contributed by atoms with E-state index in [0.29, 0.717) is 5.92 Å². The highest BCUT2D eigenvalue weighted by molar-refractivity contribution is 5.69. The van der Waals surface area contributed by atoms with Crippen molar-refractivity contribution >= 4 is 6.09 Å². The molecular formula is C23H28N2O3. The van der Waals surface area contributed by atoms with Crippen molar-refractivity contribution in [2.45, 2.75) is 31.4 Å². The van der Waals surface area contributed by atoms with Crippen LogP contribution in [0.5, 0.6) is 5.75 Å². The first-order valence-corrected chi connectivity index (χ1v) is 10.1. The molecule has 1 amide bonds. The number of amides is 1. The van der Waals surface area contributed by atoms with Crippen LogP contribution in [0.25, 0.3) is 0 Å².